The van der Waals surface area contributed by atoms with Crippen molar-refractivity contribution >= 4 is 34.8 Å². The first-order valence-electron chi connectivity index (χ1n) is 5.41. The molecule has 0 aliphatic rings. The van der Waals surface area contributed by atoms with E-state index in [4.69, 9.17) is 34.8 Å². The van der Waals surface area contributed by atoms with Gasteiger partial charge in [0, 0.05) is 18.5 Å². The molecule has 0 bridgehead atoms. The average Bonchev–Trinajstić information content (AvgIpc) is 2.29. The Morgan fingerprint density at radius 1 is 1.31 bits per heavy atom. The first kappa shape index (κ1) is 14.1. The van der Waals surface area contributed by atoms with Gasteiger partial charge in [-0.25, -0.2) is 0 Å². The van der Waals surface area contributed by atoms with E-state index in [1.54, 1.807) is 6.07 Å². The lowest BCUT2D eigenvalue weighted by Gasteiger charge is -2.16. The molecule has 90 valence electrons. The van der Waals surface area contributed by atoms with Gasteiger partial charge in [-0.3, -0.25) is 0 Å². The molecule has 0 saturated carbocycles. The second-order valence-electron chi connectivity index (χ2n) is 3.68. The molecule has 4 heteroatoms. The van der Waals surface area contributed by atoms with E-state index in [2.05, 4.69) is 12.2 Å². The Balaban J connectivity index is 2.56. The van der Waals surface area contributed by atoms with Gasteiger partial charge >= 0.3 is 0 Å². The molecule has 1 aromatic carbocycles. The Hall–Kier alpha value is 0.0500. The largest absolute Gasteiger partial charge is 0.310 e. The number of halogens is 3. The van der Waals surface area contributed by atoms with Gasteiger partial charge in [0.15, 0.2) is 0 Å². The van der Waals surface area contributed by atoms with Gasteiger partial charge in [0.05, 0.1) is 10.0 Å². The van der Waals surface area contributed by atoms with Crippen LogP contribution < -0.4 is 5.32 Å². The maximum Gasteiger partial charge on any atom is 0.0637 e. The molecule has 0 amide bonds. The predicted molar refractivity (Wildman–Crippen MR) is 72.7 cm³/mol. The molecule has 1 unspecified atom stereocenters. The molecule has 0 heterocycles. The summed E-state index contributed by atoms with van der Waals surface area (Å²) in [7, 11) is 0. The van der Waals surface area contributed by atoms with Crippen molar-refractivity contribution in [3.05, 3.63) is 33.8 Å². The quantitative estimate of drug-likeness (QED) is 0.757. The normalized spacial score (nSPS) is 12.8. The molecule has 1 aromatic rings. The van der Waals surface area contributed by atoms with Crippen LogP contribution in [0.1, 0.15) is 25.3 Å². The van der Waals surface area contributed by atoms with Crippen LogP contribution >= 0.6 is 34.8 Å². The number of benzene rings is 1. The first-order valence-corrected chi connectivity index (χ1v) is 6.70. The second-order valence-corrected chi connectivity index (χ2v) is 4.84. The van der Waals surface area contributed by atoms with E-state index in [0.717, 1.165) is 24.9 Å². The second kappa shape index (κ2) is 7.39. The van der Waals surface area contributed by atoms with Crippen LogP contribution in [0.3, 0.4) is 0 Å². The summed E-state index contributed by atoms with van der Waals surface area (Å²) in [5.41, 5.74) is 1.03. The Bertz CT molecular complexity index is 328. The third-order valence-corrected chi connectivity index (χ3v) is 3.64. The number of nitrogens with one attached hydrogen (secondary N) is 1. The van der Waals surface area contributed by atoms with Crippen LogP contribution in [0.2, 0.25) is 10.0 Å². The van der Waals surface area contributed by atoms with Crippen molar-refractivity contribution in [2.24, 2.45) is 0 Å². The fourth-order valence-electron chi connectivity index (χ4n) is 1.52. The van der Waals surface area contributed by atoms with Gasteiger partial charge in [0.25, 0.3) is 0 Å². The molecule has 0 fully saturated rings. The highest BCUT2D eigenvalue weighted by molar-refractivity contribution is 6.42. The summed E-state index contributed by atoms with van der Waals surface area (Å²) in [4.78, 5) is 0. The van der Waals surface area contributed by atoms with Gasteiger partial charge in [-0.05, 0) is 24.5 Å². The summed E-state index contributed by atoms with van der Waals surface area (Å²) in [5, 5.41) is 4.67. The molecule has 1 nitrogen and oxygen atoms in total. The van der Waals surface area contributed by atoms with E-state index < -0.39 is 0 Å². The number of hydrogen-bond donors (Lipinski definition) is 1. The van der Waals surface area contributed by atoms with Crippen LogP contribution in [0, 0.1) is 0 Å². The Morgan fingerprint density at radius 3 is 2.69 bits per heavy atom. The predicted octanol–water partition coefficient (Wildman–Crippen LogP) is 4.49. The van der Waals surface area contributed by atoms with Crippen LogP contribution in [0.5, 0.6) is 0 Å². The Kier molecular flexibility index (Phi) is 6.52. The summed E-state index contributed by atoms with van der Waals surface area (Å²) < 4.78 is 0. The molecular formula is C12H16Cl3N. The maximum atomic E-state index is 6.10. The van der Waals surface area contributed by atoms with Crippen LogP contribution in [0.15, 0.2) is 18.2 Å². The van der Waals surface area contributed by atoms with Gasteiger partial charge in [-0.2, -0.15) is 0 Å². The SMILES string of the molecule is CCC(CCCl)NCc1cccc(Cl)c1Cl. The van der Waals surface area contributed by atoms with Crippen molar-refractivity contribution in [3.8, 4) is 0 Å². The van der Waals surface area contributed by atoms with E-state index >= 15 is 0 Å². The lowest BCUT2D eigenvalue weighted by Crippen LogP contribution is -2.28. The van der Waals surface area contributed by atoms with E-state index in [1.807, 2.05) is 12.1 Å². The van der Waals surface area contributed by atoms with Crippen molar-refractivity contribution in [3.63, 3.8) is 0 Å². The van der Waals surface area contributed by atoms with Crippen LogP contribution in [0.25, 0.3) is 0 Å². The smallest absolute Gasteiger partial charge is 0.0637 e. The van der Waals surface area contributed by atoms with Gasteiger partial charge in [0.1, 0.15) is 0 Å². The van der Waals surface area contributed by atoms with Crippen molar-refractivity contribution in [2.45, 2.75) is 32.4 Å². The van der Waals surface area contributed by atoms with Crippen molar-refractivity contribution in [2.75, 3.05) is 5.88 Å². The number of hydrogen-bond acceptors (Lipinski definition) is 1. The molecule has 1 atom stereocenters. The van der Waals surface area contributed by atoms with Gasteiger partial charge in [-0.1, -0.05) is 42.3 Å². The summed E-state index contributed by atoms with van der Waals surface area (Å²) in [6.45, 7) is 2.87. The highest BCUT2D eigenvalue weighted by Crippen LogP contribution is 2.25. The zero-order valence-electron chi connectivity index (χ0n) is 9.27. The minimum atomic E-state index is 0.438. The van der Waals surface area contributed by atoms with Crippen LogP contribution in [0.4, 0.5) is 0 Å². The van der Waals surface area contributed by atoms with Gasteiger partial charge < -0.3 is 5.32 Å². The third kappa shape index (κ3) is 4.14. The van der Waals surface area contributed by atoms with Crippen molar-refractivity contribution in [1.82, 2.24) is 5.32 Å². The molecule has 16 heavy (non-hydrogen) atoms. The van der Waals surface area contributed by atoms with Crippen LogP contribution in [-0.2, 0) is 6.54 Å². The highest BCUT2D eigenvalue weighted by Gasteiger charge is 2.07. The zero-order chi connectivity index (χ0) is 12.0. The fourth-order valence-corrected chi connectivity index (χ4v) is 2.17. The third-order valence-electron chi connectivity index (χ3n) is 2.56. The Morgan fingerprint density at radius 2 is 2.06 bits per heavy atom. The average molecular weight is 281 g/mol. The van der Waals surface area contributed by atoms with E-state index in [0.29, 0.717) is 22.0 Å². The summed E-state index contributed by atoms with van der Waals surface area (Å²) in [6.07, 6.45) is 2.03. The molecule has 0 aliphatic heterocycles. The molecule has 1 rings (SSSR count). The van der Waals surface area contributed by atoms with Gasteiger partial charge in [0.2, 0.25) is 0 Å². The van der Waals surface area contributed by atoms with E-state index in [-0.39, 0.29) is 0 Å². The minimum Gasteiger partial charge on any atom is -0.310 e. The summed E-state index contributed by atoms with van der Waals surface area (Å²) >= 11 is 17.8. The maximum absolute atomic E-state index is 6.10. The summed E-state index contributed by atoms with van der Waals surface area (Å²) in [5.74, 6) is 0.675. The van der Waals surface area contributed by atoms with Gasteiger partial charge in [-0.15, -0.1) is 11.6 Å². The fraction of sp³-hybridized carbons (Fsp3) is 0.500. The highest BCUT2D eigenvalue weighted by atomic mass is 35.5. The topological polar surface area (TPSA) is 12.0 Å². The standard InChI is InChI=1S/C12H16Cl3N/c1-2-10(6-7-13)16-8-9-4-3-5-11(14)12(9)15/h3-5,10,16H,2,6-8H2,1H3. The lowest BCUT2D eigenvalue weighted by molar-refractivity contribution is 0.486. The van der Waals surface area contributed by atoms with E-state index in [9.17, 15) is 0 Å². The molecule has 0 radical (unpaired) electrons. The summed E-state index contributed by atoms with van der Waals surface area (Å²) in [6, 6.07) is 6.12. The number of alkyl halides is 1. The van der Waals surface area contributed by atoms with Crippen LogP contribution in [-0.4, -0.2) is 11.9 Å². The molecule has 0 spiro atoms. The minimum absolute atomic E-state index is 0.438. The molecule has 0 aromatic heterocycles. The van der Waals surface area contributed by atoms with Crippen molar-refractivity contribution < 1.29 is 0 Å². The molecule has 0 saturated heterocycles. The zero-order valence-corrected chi connectivity index (χ0v) is 11.5. The van der Waals surface area contributed by atoms with E-state index in [1.165, 1.54) is 0 Å². The molecule has 1 N–H and O–H groups in total. The number of rotatable bonds is 6. The monoisotopic (exact) mass is 279 g/mol. The Labute approximate surface area is 112 Å². The molecule has 0 aliphatic carbocycles. The molecular weight excluding hydrogens is 264 g/mol. The lowest BCUT2D eigenvalue weighted by atomic mass is 10.1. The van der Waals surface area contributed by atoms with Crippen molar-refractivity contribution in [1.29, 1.82) is 0 Å². The first-order chi connectivity index (χ1) is 7.69.